The second-order valence-electron chi connectivity index (χ2n) is 8.87. The summed E-state index contributed by atoms with van der Waals surface area (Å²) in [5.74, 6) is 0.127. The molecule has 1 aromatic carbocycles. The van der Waals surface area contributed by atoms with E-state index in [1.807, 2.05) is 26.8 Å². The van der Waals surface area contributed by atoms with Crippen molar-refractivity contribution in [1.29, 1.82) is 0 Å². The molecule has 0 unspecified atom stereocenters. The zero-order chi connectivity index (χ0) is 20.5. The van der Waals surface area contributed by atoms with Gasteiger partial charge in [0.05, 0.1) is 0 Å². The fourth-order valence-electron chi connectivity index (χ4n) is 3.86. The third-order valence-corrected chi connectivity index (χ3v) is 5.32. The van der Waals surface area contributed by atoms with Crippen LogP contribution in [0.3, 0.4) is 0 Å². The number of ether oxygens (including phenoxy) is 1. The van der Waals surface area contributed by atoms with Crippen LogP contribution in [0.1, 0.15) is 77.7 Å². The van der Waals surface area contributed by atoms with Crippen LogP contribution in [0.15, 0.2) is 30.3 Å². The highest BCUT2D eigenvalue weighted by Gasteiger charge is 2.35. The maximum absolute atomic E-state index is 12.3. The summed E-state index contributed by atoms with van der Waals surface area (Å²) in [6.45, 7) is 6.85. The van der Waals surface area contributed by atoms with Crippen LogP contribution < -0.4 is 10.6 Å². The summed E-state index contributed by atoms with van der Waals surface area (Å²) >= 11 is 0. The van der Waals surface area contributed by atoms with Crippen LogP contribution >= 0.6 is 0 Å². The molecular formula is C23H36N2O3. The van der Waals surface area contributed by atoms with Crippen molar-refractivity contribution in [2.75, 3.05) is 13.1 Å². The number of alkyl carbamates (subject to hydrolysis) is 1. The molecule has 1 aliphatic rings. The molecule has 2 rings (SSSR count). The fraction of sp³-hybridized carbons (Fsp3) is 0.652. The molecule has 0 aromatic heterocycles. The van der Waals surface area contributed by atoms with E-state index in [-0.39, 0.29) is 17.4 Å². The Morgan fingerprint density at radius 1 is 1.00 bits per heavy atom. The van der Waals surface area contributed by atoms with Gasteiger partial charge in [0.15, 0.2) is 0 Å². The molecule has 0 spiro atoms. The van der Waals surface area contributed by atoms with Gasteiger partial charge >= 0.3 is 6.09 Å². The Balaban J connectivity index is 1.62. The minimum Gasteiger partial charge on any atom is -0.444 e. The molecule has 0 heterocycles. The number of carbonyl (C=O) groups excluding carboxylic acids is 2. The number of benzene rings is 1. The largest absolute Gasteiger partial charge is 0.444 e. The summed E-state index contributed by atoms with van der Waals surface area (Å²) in [5, 5.41) is 5.92. The van der Waals surface area contributed by atoms with Crippen LogP contribution in [0.5, 0.6) is 0 Å². The first-order chi connectivity index (χ1) is 13.3. The summed E-state index contributed by atoms with van der Waals surface area (Å²) in [6, 6.07) is 10.6. The van der Waals surface area contributed by atoms with E-state index in [0.717, 1.165) is 38.6 Å². The first kappa shape index (κ1) is 22.3. The van der Waals surface area contributed by atoms with Crippen LogP contribution in [0.4, 0.5) is 4.79 Å². The molecule has 2 amide bonds. The summed E-state index contributed by atoms with van der Waals surface area (Å²) < 4.78 is 5.19. The Morgan fingerprint density at radius 2 is 1.68 bits per heavy atom. The zero-order valence-electron chi connectivity index (χ0n) is 17.7. The highest BCUT2D eigenvalue weighted by Crippen LogP contribution is 2.40. The van der Waals surface area contributed by atoms with Crippen LogP contribution in [0.2, 0.25) is 0 Å². The van der Waals surface area contributed by atoms with Crippen molar-refractivity contribution in [3.05, 3.63) is 35.9 Å². The van der Waals surface area contributed by atoms with Crippen LogP contribution in [-0.4, -0.2) is 30.7 Å². The Hall–Kier alpha value is -2.04. The lowest BCUT2D eigenvalue weighted by molar-refractivity contribution is -0.121. The molecule has 0 radical (unpaired) electrons. The highest BCUT2D eigenvalue weighted by atomic mass is 16.6. The molecule has 1 aliphatic carbocycles. The van der Waals surface area contributed by atoms with E-state index < -0.39 is 5.60 Å². The van der Waals surface area contributed by atoms with E-state index in [9.17, 15) is 9.59 Å². The molecule has 0 saturated heterocycles. The van der Waals surface area contributed by atoms with Crippen molar-refractivity contribution in [3.8, 4) is 0 Å². The van der Waals surface area contributed by atoms with Gasteiger partial charge in [-0.1, -0.05) is 49.6 Å². The van der Waals surface area contributed by atoms with Crippen LogP contribution in [0.25, 0.3) is 0 Å². The van der Waals surface area contributed by atoms with E-state index in [1.165, 1.54) is 18.4 Å². The van der Waals surface area contributed by atoms with Crippen molar-refractivity contribution >= 4 is 12.0 Å². The first-order valence-electron chi connectivity index (χ1n) is 10.6. The van der Waals surface area contributed by atoms with Gasteiger partial charge in [0.1, 0.15) is 5.60 Å². The highest BCUT2D eigenvalue weighted by molar-refractivity contribution is 5.76. The lowest BCUT2D eigenvalue weighted by atomic mass is 9.79. The number of unbranched alkanes of at least 4 members (excludes halogenated alkanes) is 2. The Bertz CT molecular complexity index is 616. The normalized spacial score (nSPS) is 15.8. The monoisotopic (exact) mass is 388 g/mol. The van der Waals surface area contributed by atoms with Gasteiger partial charge in [-0.3, -0.25) is 4.79 Å². The van der Waals surface area contributed by atoms with Gasteiger partial charge in [0.25, 0.3) is 0 Å². The molecular weight excluding hydrogens is 352 g/mol. The van der Waals surface area contributed by atoms with Gasteiger partial charge in [-0.05, 0) is 52.0 Å². The van der Waals surface area contributed by atoms with Gasteiger partial charge in [0, 0.05) is 24.9 Å². The SMILES string of the molecule is CC(C)(C)OC(=O)NCCCCCC(=O)NCC1(c2ccccc2)CCCC1. The summed E-state index contributed by atoms with van der Waals surface area (Å²) in [4.78, 5) is 23.8. The number of hydrogen-bond acceptors (Lipinski definition) is 3. The lowest BCUT2D eigenvalue weighted by Crippen LogP contribution is -2.38. The molecule has 0 aliphatic heterocycles. The van der Waals surface area contributed by atoms with E-state index in [1.54, 1.807) is 0 Å². The topological polar surface area (TPSA) is 67.4 Å². The van der Waals surface area contributed by atoms with E-state index in [0.29, 0.717) is 13.0 Å². The van der Waals surface area contributed by atoms with E-state index >= 15 is 0 Å². The van der Waals surface area contributed by atoms with E-state index in [4.69, 9.17) is 4.74 Å². The lowest BCUT2D eigenvalue weighted by Gasteiger charge is -2.30. The summed E-state index contributed by atoms with van der Waals surface area (Å²) in [5.41, 5.74) is 0.980. The number of nitrogens with one attached hydrogen (secondary N) is 2. The van der Waals surface area contributed by atoms with Gasteiger partial charge < -0.3 is 15.4 Å². The van der Waals surface area contributed by atoms with Gasteiger partial charge in [0.2, 0.25) is 5.91 Å². The summed E-state index contributed by atoms with van der Waals surface area (Å²) in [7, 11) is 0. The summed E-state index contributed by atoms with van der Waals surface area (Å²) in [6.07, 6.45) is 7.50. The Kier molecular flexibility index (Phi) is 8.34. The molecule has 156 valence electrons. The fourth-order valence-corrected chi connectivity index (χ4v) is 3.86. The molecule has 1 saturated carbocycles. The van der Waals surface area contributed by atoms with Crippen molar-refractivity contribution in [2.24, 2.45) is 0 Å². The molecule has 0 bridgehead atoms. The van der Waals surface area contributed by atoms with Crippen LogP contribution in [0, 0.1) is 0 Å². The van der Waals surface area contributed by atoms with Crippen LogP contribution in [-0.2, 0) is 14.9 Å². The maximum Gasteiger partial charge on any atom is 0.407 e. The quantitative estimate of drug-likeness (QED) is 0.603. The number of carbonyl (C=O) groups is 2. The molecule has 1 fully saturated rings. The standard InChI is InChI=1S/C23H36N2O3/c1-22(2,3)28-21(27)24-17-11-5-8-14-20(26)25-18-23(15-9-10-16-23)19-12-6-4-7-13-19/h4,6-7,12-13H,5,8-11,14-18H2,1-3H3,(H,24,27)(H,25,26). The third-order valence-electron chi connectivity index (χ3n) is 5.32. The average molecular weight is 389 g/mol. The Labute approximate surface area is 169 Å². The molecule has 1 aromatic rings. The molecule has 2 N–H and O–H groups in total. The van der Waals surface area contributed by atoms with Gasteiger partial charge in [-0.25, -0.2) is 4.79 Å². The van der Waals surface area contributed by atoms with Crippen molar-refractivity contribution in [1.82, 2.24) is 10.6 Å². The average Bonchev–Trinajstić information content (AvgIpc) is 3.12. The van der Waals surface area contributed by atoms with Crippen molar-refractivity contribution in [3.63, 3.8) is 0 Å². The number of amides is 2. The van der Waals surface area contributed by atoms with Gasteiger partial charge in [-0.15, -0.1) is 0 Å². The predicted octanol–water partition coefficient (Wildman–Crippen LogP) is 4.70. The molecule has 5 nitrogen and oxygen atoms in total. The smallest absolute Gasteiger partial charge is 0.407 e. The number of hydrogen-bond donors (Lipinski definition) is 2. The number of rotatable bonds is 9. The van der Waals surface area contributed by atoms with Gasteiger partial charge in [-0.2, -0.15) is 0 Å². The molecule has 0 atom stereocenters. The maximum atomic E-state index is 12.3. The Morgan fingerprint density at radius 3 is 2.32 bits per heavy atom. The zero-order valence-corrected chi connectivity index (χ0v) is 17.7. The molecule has 28 heavy (non-hydrogen) atoms. The predicted molar refractivity (Wildman–Crippen MR) is 112 cm³/mol. The van der Waals surface area contributed by atoms with Crippen molar-refractivity contribution < 1.29 is 14.3 Å². The first-order valence-corrected chi connectivity index (χ1v) is 10.6. The van der Waals surface area contributed by atoms with Crippen molar-refractivity contribution in [2.45, 2.75) is 83.2 Å². The van der Waals surface area contributed by atoms with E-state index in [2.05, 4.69) is 34.9 Å². The second kappa shape index (κ2) is 10.5. The minimum absolute atomic E-state index is 0.105. The third kappa shape index (κ3) is 7.53. The minimum atomic E-state index is -0.474. The molecule has 5 heteroatoms. The second-order valence-corrected chi connectivity index (χ2v) is 8.87.